The minimum atomic E-state index is -3.45. The van der Waals surface area contributed by atoms with Gasteiger partial charge in [0.1, 0.15) is 0 Å². The second-order valence-electron chi connectivity index (χ2n) is 4.41. The van der Waals surface area contributed by atoms with Crippen LogP contribution in [-0.4, -0.2) is 28.7 Å². The fraction of sp³-hybridized carbons (Fsp3) is 0.250. The van der Waals surface area contributed by atoms with Crippen molar-refractivity contribution < 1.29 is 18.3 Å². The summed E-state index contributed by atoms with van der Waals surface area (Å²) in [6.07, 6.45) is 2.51. The number of carbonyl (C=O) groups is 1. The number of para-hydroxylation sites is 1. The standard InChI is InChI=1S/C12H11NO4S/c14-12(15)10-7-13(18(16,17)8-5-6-8)11-4-2-1-3-9(10)11/h1-4,7-8H,5-6H2,(H,14,15). The molecule has 1 heterocycles. The Morgan fingerprint density at radius 3 is 2.56 bits per heavy atom. The topological polar surface area (TPSA) is 76.4 Å². The lowest BCUT2D eigenvalue weighted by atomic mass is 10.2. The van der Waals surface area contributed by atoms with Crippen molar-refractivity contribution in [3.8, 4) is 0 Å². The van der Waals surface area contributed by atoms with Gasteiger partial charge in [0.05, 0.1) is 16.3 Å². The van der Waals surface area contributed by atoms with Gasteiger partial charge in [0.2, 0.25) is 10.0 Å². The van der Waals surface area contributed by atoms with E-state index in [9.17, 15) is 13.2 Å². The van der Waals surface area contributed by atoms with E-state index in [-0.39, 0.29) is 10.8 Å². The summed E-state index contributed by atoms with van der Waals surface area (Å²) in [6, 6.07) is 6.65. The number of rotatable bonds is 3. The molecule has 0 saturated heterocycles. The molecule has 1 aliphatic rings. The summed E-state index contributed by atoms with van der Waals surface area (Å²) >= 11 is 0. The predicted molar refractivity (Wildman–Crippen MR) is 66.2 cm³/mol. The predicted octanol–water partition coefficient (Wildman–Crippen LogP) is 1.68. The van der Waals surface area contributed by atoms with Gasteiger partial charge in [0.15, 0.2) is 0 Å². The molecule has 0 unspecified atom stereocenters. The first-order valence-electron chi connectivity index (χ1n) is 5.59. The maximum Gasteiger partial charge on any atom is 0.337 e. The number of nitrogens with zero attached hydrogens (tertiary/aromatic N) is 1. The lowest BCUT2D eigenvalue weighted by Gasteiger charge is -2.05. The third kappa shape index (κ3) is 1.53. The van der Waals surface area contributed by atoms with E-state index in [0.717, 1.165) is 3.97 Å². The molecule has 3 rings (SSSR count). The number of carboxylic acid groups (broad SMARTS) is 1. The molecule has 1 aliphatic carbocycles. The first-order valence-corrected chi connectivity index (χ1v) is 7.10. The Hall–Kier alpha value is -1.82. The van der Waals surface area contributed by atoms with Crippen molar-refractivity contribution in [3.63, 3.8) is 0 Å². The van der Waals surface area contributed by atoms with Crippen LogP contribution in [0, 0.1) is 0 Å². The van der Waals surface area contributed by atoms with Gasteiger partial charge in [-0.05, 0) is 18.9 Å². The van der Waals surface area contributed by atoms with Gasteiger partial charge in [-0.1, -0.05) is 18.2 Å². The fourth-order valence-corrected chi connectivity index (χ4v) is 3.80. The number of hydrogen-bond acceptors (Lipinski definition) is 3. The Labute approximate surface area is 104 Å². The van der Waals surface area contributed by atoms with E-state index < -0.39 is 16.0 Å². The van der Waals surface area contributed by atoms with Crippen molar-refractivity contribution in [2.24, 2.45) is 0 Å². The van der Waals surface area contributed by atoms with Gasteiger partial charge >= 0.3 is 5.97 Å². The SMILES string of the molecule is O=C(O)c1cn(S(=O)(=O)C2CC2)c2ccccc12. The highest BCUT2D eigenvalue weighted by molar-refractivity contribution is 7.91. The summed E-state index contributed by atoms with van der Waals surface area (Å²) in [5, 5.41) is 9.20. The summed E-state index contributed by atoms with van der Waals surface area (Å²) in [5.41, 5.74) is 0.455. The Balaban J connectivity index is 2.33. The molecule has 0 spiro atoms. The van der Waals surface area contributed by atoms with Gasteiger partial charge in [0.25, 0.3) is 0 Å². The van der Waals surface area contributed by atoms with Crippen LogP contribution in [-0.2, 0) is 10.0 Å². The van der Waals surface area contributed by atoms with Gasteiger partial charge in [-0.15, -0.1) is 0 Å². The molecule has 0 bridgehead atoms. The zero-order valence-corrected chi connectivity index (χ0v) is 10.2. The van der Waals surface area contributed by atoms with Crippen molar-refractivity contribution in [2.75, 3.05) is 0 Å². The molecule has 1 aromatic carbocycles. The average molecular weight is 265 g/mol. The van der Waals surface area contributed by atoms with Gasteiger partial charge in [-0.25, -0.2) is 17.2 Å². The van der Waals surface area contributed by atoms with Crippen LogP contribution in [0.3, 0.4) is 0 Å². The van der Waals surface area contributed by atoms with Crippen LogP contribution in [0.4, 0.5) is 0 Å². The molecule has 94 valence electrons. The van der Waals surface area contributed by atoms with Gasteiger partial charge in [-0.2, -0.15) is 0 Å². The largest absolute Gasteiger partial charge is 0.478 e. The molecule has 18 heavy (non-hydrogen) atoms. The maximum absolute atomic E-state index is 12.2. The molecule has 5 nitrogen and oxygen atoms in total. The third-order valence-corrected chi connectivity index (χ3v) is 5.29. The molecule has 1 N–H and O–H groups in total. The summed E-state index contributed by atoms with van der Waals surface area (Å²) in [7, 11) is -3.45. The van der Waals surface area contributed by atoms with Crippen LogP contribution in [0.25, 0.3) is 10.9 Å². The van der Waals surface area contributed by atoms with Crippen LogP contribution >= 0.6 is 0 Å². The van der Waals surface area contributed by atoms with Crippen molar-refractivity contribution in [1.29, 1.82) is 0 Å². The summed E-state index contributed by atoms with van der Waals surface area (Å²) in [4.78, 5) is 11.1. The van der Waals surface area contributed by atoms with E-state index in [4.69, 9.17) is 5.11 Å². The molecule has 0 aliphatic heterocycles. The molecule has 0 atom stereocenters. The number of benzene rings is 1. The zero-order chi connectivity index (χ0) is 12.9. The Morgan fingerprint density at radius 1 is 1.28 bits per heavy atom. The minimum Gasteiger partial charge on any atom is -0.478 e. The van der Waals surface area contributed by atoms with E-state index in [1.165, 1.54) is 6.20 Å². The monoisotopic (exact) mass is 265 g/mol. The van der Waals surface area contributed by atoms with Crippen molar-refractivity contribution in [1.82, 2.24) is 3.97 Å². The normalized spacial score (nSPS) is 16.0. The molecular weight excluding hydrogens is 254 g/mol. The summed E-state index contributed by atoms with van der Waals surface area (Å²) < 4.78 is 25.5. The third-order valence-electron chi connectivity index (χ3n) is 3.13. The Morgan fingerprint density at radius 2 is 1.94 bits per heavy atom. The lowest BCUT2D eigenvalue weighted by Crippen LogP contribution is -2.16. The van der Waals surface area contributed by atoms with E-state index >= 15 is 0 Å². The molecule has 0 amide bonds. The van der Waals surface area contributed by atoms with Crippen molar-refractivity contribution >= 4 is 26.9 Å². The van der Waals surface area contributed by atoms with Gasteiger partial charge in [0, 0.05) is 11.6 Å². The zero-order valence-electron chi connectivity index (χ0n) is 9.41. The van der Waals surface area contributed by atoms with E-state index in [2.05, 4.69) is 0 Å². The first kappa shape index (κ1) is 11.3. The quantitative estimate of drug-likeness (QED) is 0.916. The lowest BCUT2D eigenvalue weighted by molar-refractivity contribution is 0.0699. The Kier molecular flexibility index (Phi) is 2.25. The van der Waals surface area contributed by atoms with Crippen molar-refractivity contribution in [2.45, 2.75) is 18.1 Å². The van der Waals surface area contributed by atoms with E-state index in [0.29, 0.717) is 23.7 Å². The minimum absolute atomic E-state index is 0.0230. The Bertz CT molecular complexity index is 741. The summed E-state index contributed by atoms with van der Waals surface area (Å²) in [5.74, 6) is -1.11. The van der Waals surface area contributed by atoms with Crippen LogP contribution in [0.15, 0.2) is 30.5 Å². The average Bonchev–Trinajstić information content (AvgIpc) is 3.09. The van der Waals surface area contributed by atoms with Crippen LogP contribution < -0.4 is 0 Å². The van der Waals surface area contributed by atoms with E-state index in [1.54, 1.807) is 24.3 Å². The highest BCUT2D eigenvalue weighted by atomic mass is 32.2. The van der Waals surface area contributed by atoms with Gasteiger partial charge < -0.3 is 5.11 Å². The molecular formula is C12H11NO4S. The molecule has 1 aromatic heterocycles. The smallest absolute Gasteiger partial charge is 0.337 e. The number of carboxylic acids is 1. The first-order chi connectivity index (χ1) is 8.51. The highest BCUT2D eigenvalue weighted by Crippen LogP contribution is 2.33. The van der Waals surface area contributed by atoms with Crippen molar-refractivity contribution in [3.05, 3.63) is 36.0 Å². The number of fused-ring (bicyclic) bond motifs is 1. The fourth-order valence-electron chi connectivity index (χ4n) is 2.06. The molecule has 0 radical (unpaired) electrons. The van der Waals surface area contributed by atoms with Crippen LogP contribution in [0.5, 0.6) is 0 Å². The number of aromatic carboxylic acids is 1. The number of hydrogen-bond donors (Lipinski definition) is 1. The molecule has 6 heteroatoms. The second kappa shape index (κ2) is 3.58. The summed E-state index contributed by atoms with van der Waals surface area (Å²) in [6.45, 7) is 0. The van der Waals surface area contributed by atoms with E-state index in [1.807, 2.05) is 0 Å². The molecule has 1 fully saturated rings. The molecule has 1 saturated carbocycles. The second-order valence-corrected chi connectivity index (χ2v) is 6.50. The highest BCUT2D eigenvalue weighted by Gasteiger charge is 2.38. The van der Waals surface area contributed by atoms with Crippen LogP contribution in [0.1, 0.15) is 23.2 Å². The van der Waals surface area contributed by atoms with Crippen LogP contribution in [0.2, 0.25) is 0 Å². The molecule has 2 aromatic rings. The number of aromatic nitrogens is 1. The van der Waals surface area contributed by atoms with Gasteiger partial charge in [-0.3, -0.25) is 0 Å². The maximum atomic E-state index is 12.2.